The van der Waals surface area contributed by atoms with Gasteiger partial charge in [0.2, 0.25) is 0 Å². The van der Waals surface area contributed by atoms with Gasteiger partial charge in [-0.2, -0.15) is 0 Å². The van der Waals surface area contributed by atoms with Crippen LogP contribution >= 0.6 is 23.2 Å². The molecular formula is C27H35Cl2N5O4. The van der Waals surface area contributed by atoms with Crippen molar-refractivity contribution in [2.24, 2.45) is 5.92 Å². The summed E-state index contributed by atoms with van der Waals surface area (Å²) in [7, 11) is 3.02. The van der Waals surface area contributed by atoms with Crippen LogP contribution in [-0.2, 0) is 0 Å². The van der Waals surface area contributed by atoms with Gasteiger partial charge in [-0.1, -0.05) is 23.2 Å². The van der Waals surface area contributed by atoms with E-state index in [1.54, 1.807) is 24.3 Å². The summed E-state index contributed by atoms with van der Waals surface area (Å²) in [6.07, 6.45) is 3.60. The number of carbonyl (C=O) groups is 2. The summed E-state index contributed by atoms with van der Waals surface area (Å²) in [6, 6.07) is 6.39. The van der Waals surface area contributed by atoms with Gasteiger partial charge in [0, 0.05) is 50.9 Å². The smallest absolute Gasteiger partial charge is 0.257 e. The van der Waals surface area contributed by atoms with Crippen LogP contribution in [0.4, 0.5) is 11.4 Å². The fourth-order valence-electron chi connectivity index (χ4n) is 5.20. The largest absolute Gasteiger partial charge is 0.496 e. The predicted molar refractivity (Wildman–Crippen MR) is 150 cm³/mol. The van der Waals surface area contributed by atoms with E-state index in [1.807, 2.05) is 4.90 Å². The summed E-state index contributed by atoms with van der Waals surface area (Å²) >= 11 is 12.3. The van der Waals surface area contributed by atoms with Gasteiger partial charge in [0.05, 0.1) is 46.8 Å². The minimum absolute atomic E-state index is 0.0842. The Morgan fingerprint density at radius 3 is 1.95 bits per heavy atom. The van der Waals surface area contributed by atoms with E-state index in [-0.39, 0.29) is 17.9 Å². The summed E-state index contributed by atoms with van der Waals surface area (Å²) in [5.74, 6) is 1.07. The highest BCUT2D eigenvalue weighted by atomic mass is 35.5. The van der Waals surface area contributed by atoms with Gasteiger partial charge in [-0.25, -0.2) is 0 Å². The van der Waals surface area contributed by atoms with Crippen molar-refractivity contribution in [1.82, 2.24) is 15.1 Å². The molecular weight excluding hydrogens is 529 g/mol. The van der Waals surface area contributed by atoms with Crippen molar-refractivity contribution in [2.45, 2.75) is 31.7 Å². The number of halogens is 2. The number of nitrogens with one attached hydrogen (secondary N) is 1. The van der Waals surface area contributed by atoms with E-state index in [0.717, 1.165) is 45.3 Å². The molecule has 0 aromatic heterocycles. The Morgan fingerprint density at radius 1 is 0.868 bits per heavy atom. The molecule has 0 spiro atoms. The molecule has 0 atom stereocenters. The van der Waals surface area contributed by atoms with Crippen LogP contribution in [0, 0.1) is 5.92 Å². The van der Waals surface area contributed by atoms with Gasteiger partial charge in [0.15, 0.2) is 0 Å². The highest BCUT2D eigenvalue weighted by molar-refractivity contribution is 6.34. The lowest BCUT2D eigenvalue weighted by molar-refractivity contribution is 0.0648. The lowest BCUT2D eigenvalue weighted by atomic mass is 9.94. The Labute approximate surface area is 233 Å². The van der Waals surface area contributed by atoms with Gasteiger partial charge in [-0.15, -0.1) is 0 Å². The number of rotatable bonds is 7. The molecule has 0 saturated carbocycles. The molecule has 2 amide bonds. The number of nitrogens with two attached hydrogens (primary N) is 2. The Morgan fingerprint density at radius 2 is 1.39 bits per heavy atom. The van der Waals surface area contributed by atoms with Gasteiger partial charge in [0.25, 0.3) is 11.8 Å². The average molecular weight is 565 g/mol. The third-order valence-corrected chi connectivity index (χ3v) is 8.11. The second-order valence-corrected chi connectivity index (χ2v) is 10.7. The third kappa shape index (κ3) is 6.39. The number of hydrogen-bond acceptors (Lipinski definition) is 7. The number of benzene rings is 2. The number of piperidine rings is 2. The zero-order valence-electron chi connectivity index (χ0n) is 21.8. The van der Waals surface area contributed by atoms with Crippen LogP contribution in [0.2, 0.25) is 10.0 Å². The Kier molecular flexibility index (Phi) is 9.12. The minimum atomic E-state index is -0.210. The molecule has 4 rings (SSSR count). The van der Waals surface area contributed by atoms with E-state index in [9.17, 15) is 9.59 Å². The van der Waals surface area contributed by atoms with Crippen molar-refractivity contribution >= 4 is 46.4 Å². The number of carbonyl (C=O) groups excluding carboxylic acids is 2. The Bertz CT molecular complexity index is 1180. The number of nitrogens with zero attached hydrogens (tertiary/aromatic N) is 2. The van der Waals surface area contributed by atoms with Gasteiger partial charge in [-0.3, -0.25) is 9.59 Å². The van der Waals surface area contributed by atoms with Crippen LogP contribution in [-0.4, -0.2) is 74.6 Å². The maximum atomic E-state index is 13.1. The molecule has 0 aliphatic carbocycles. The second kappa shape index (κ2) is 12.3. The van der Waals surface area contributed by atoms with E-state index < -0.39 is 0 Å². The van der Waals surface area contributed by atoms with Crippen LogP contribution in [0.5, 0.6) is 11.5 Å². The van der Waals surface area contributed by atoms with E-state index >= 15 is 0 Å². The Hall–Kier alpha value is -2.88. The van der Waals surface area contributed by atoms with E-state index in [4.69, 9.17) is 44.1 Å². The van der Waals surface area contributed by atoms with Crippen LogP contribution in [0.25, 0.3) is 0 Å². The molecule has 5 N–H and O–H groups in total. The number of hydrogen-bond donors (Lipinski definition) is 3. The van der Waals surface area contributed by atoms with Crippen LogP contribution in [0.15, 0.2) is 24.3 Å². The van der Waals surface area contributed by atoms with Crippen molar-refractivity contribution in [3.63, 3.8) is 0 Å². The normalized spacial score (nSPS) is 17.3. The fraction of sp³-hybridized carbons (Fsp3) is 0.481. The molecule has 0 bridgehead atoms. The molecule has 206 valence electrons. The zero-order chi connectivity index (χ0) is 27.4. The molecule has 11 heteroatoms. The zero-order valence-corrected chi connectivity index (χ0v) is 23.3. The molecule has 0 unspecified atom stereocenters. The summed E-state index contributed by atoms with van der Waals surface area (Å²) in [6.45, 7) is 4.18. The van der Waals surface area contributed by atoms with Gasteiger partial charge in [-0.05, 0) is 43.7 Å². The number of amides is 2. The fourth-order valence-corrected chi connectivity index (χ4v) is 5.53. The highest BCUT2D eigenvalue weighted by Gasteiger charge is 2.29. The van der Waals surface area contributed by atoms with Crippen molar-refractivity contribution in [3.8, 4) is 11.5 Å². The summed E-state index contributed by atoms with van der Waals surface area (Å²) in [5.41, 5.74) is 13.3. The summed E-state index contributed by atoms with van der Waals surface area (Å²) < 4.78 is 10.7. The second-order valence-electron chi connectivity index (χ2n) is 9.93. The molecule has 38 heavy (non-hydrogen) atoms. The van der Waals surface area contributed by atoms with E-state index in [0.29, 0.717) is 63.1 Å². The SMILES string of the molecule is COc1cc(N)c(Cl)cc1C(=O)NC1CCN(CC2CCN(C(=O)c3cc(Cl)c(N)cc3OC)CC2)CC1. The molecule has 2 saturated heterocycles. The lowest BCUT2D eigenvalue weighted by Gasteiger charge is -2.38. The van der Waals surface area contributed by atoms with Crippen LogP contribution in [0.1, 0.15) is 46.4 Å². The first-order chi connectivity index (χ1) is 18.2. The van der Waals surface area contributed by atoms with Gasteiger partial charge in [0.1, 0.15) is 11.5 Å². The first-order valence-electron chi connectivity index (χ1n) is 12.8. The molecule has 2 heterocycles. The summed E-state index contributed by atoms with van der Waals surface area (Å²) in [4.78, 5) is 30.3. The van der Waals surface area contributed by atoms with Crippen LogP contribution in [0.3, 0.4) is 0 Å². The number of likely N-dealkylation sites (tertiary alicyclic amines) is 2. The summed E-state index contributed by atoms with van der Waals surface area (Å²) in [5, 5.41) is 3.79. The van der Waals surface area contributed by atoms with Crippen molar-refractivity contribution in [2.75, 3.05) is 58.4 Å². The number of methoxy groups -OCH3 is 2. The quantitative estimate of drug-likeness (QED) is 0.436. The molecule has 2 aromatic rings. The molecule has 2 aliphatic rings. The average Bonchev–Trinajstić information content (AvgIpc) is 2.92. The van der Waals surface area contributed by atoms with E-state index in [1.165, 1.54) is 14.2 Å². The molecule has 9 nitrogen and oxygen atoms in total. The van der Waals surface area contributed by atoms with E-state index in [2.05, 4.69) is 10.2 Å². The standard InChI is InChI=1S/C27H35Cl2N5O4/c1-37-24-13-22(30)20(28)11-18(24)26(35)32-17-5-7-33(8-6-17)15-16-3-9-34(10-4-16)27(36)19-12-21(29)23(31)14-25(19)38-2/h11-14,16-17H,3-10,15,30-31H2,1-2H3,(H,32,35). The third-order valence-electron chi connectivity index (χ3n) is 7.45. The Balaban J connectivity index is 1.24. The molecule has 2 fully saturated rings. The van der Waals surface area contributed by atoms with Gasteiger partial charge >= 0.3 is 0 Å². The monoisotopic (exact) mass is 563 g/mol. The lowest BCUT2D eigenvalue weighted by Crippen LogP contribution is -2.47. The number of nitrogen functional groups attached to an aromatic ring is 2. The molecule has 2 aromatic carbocycles. The number of ether oxygens (including phenoxy) is 2. The first-order valence-corrected chi connectivity index (χ1v) is 13.5. The topological polar surface area (TPSA) is 123 Å². The number of anilines is 2. The van der Waals surface area contributed by atoms with Gasteiger partial charge < -0.3 is 36.1 Å². The van der Waals surface area contributed by atoms with Crippen molar-refractivity contribution in [3.05, 3.63) is 45.4 Å². The van der Waals surface area contributed by atoms with Crippen LogP contribution < -0.4 is 26.3 Å². The highest BCUT2D eigenvalue weighted by Crippen LogP contribution is 2.32. The maximum absolute atomic E-state index is 13.1. The molecule has 0 radical (unpaired) electrons. The van der Waals surface area contributed by atoms with Crippen molar-refractivity contribution in [1.29, 1.82) is 0 Å². The predicted octanol–water partition coefficient (Wildman–Crippen LogP) is 3.92. The van der Waals surface area contributed by atoms with Crippen molar-refractivity contribution < 1.29 is 19.1 Å². The first kappa shape index (κ1) is 28.1. The molecule has 2 aliphatic heterocycles. The maximum Gasteiger partial charge on any atom is 0.257 e. The minimum Gasteiger partial charge on any atom is -0.496 e.